The predicted octanol–water partition coefficient (Wildman–Crippen LogP) is 3.53. The lowest BCUT2D eigenvalue weighted by molar-refractivity contribution is 0.606. The summed E-state index contributed by atoms with van der Waals surface area (Å²) in [4.78, 5) is 7.40. The van der Waals surface area contributed by atoms with Gasteiger partial charge in [-0.05, 0) is 36.5 Å². The van der Waals surface area contributed by atoms with Crippen LogP contribution in [0.25, 0.3) is 0 Å². The Morgan fingerprint density at radius 1 is 1.38 bits per heavy atom. The lowest BCUT2D eigenvalue weighted by Crippen LogP contribution is -2.11. The van der Waals surface area contributed by atoms with Crippen LogP contribution >= 0.6 is 11.6 Å². The molecule has 0 saturated heterocycles. The van der Waals surface area contributed by atoms with Gasteiger partial charge in [-0.3, -0.25) is 0 Å². The van der Waals surface area contributed by atoms with Crippen LogP contribution in [0.3, 0.4) is 0 Å². The molecule has 0 bridgehead atoms. The Balaban J connectivity index is 2.10. The fraction of sp³-hybridized carbons (Fsp3) is 0.308. The highest BCUT2D eigenvalue weighted by Crippen LogP contribution is 2.38. The normalized spacial score (nSPS) is 19.4. The first kappa shape index (κ1) is 9.91. The van der Waals surface area contributed by atoms with Crippen molar-refractivity contribution < 1.29 is 0 Å². The molecule has 0 spiro atoms. The van der Waals surface area contributed by atoms with E-state index in [4.69, 9.17) is 11.6 Å². The molecule has 1 aliphatic rings. The minimum atomic E-state index is 0.411. The highest BCUT2D eigenvalue weighted by atomic mass is 35.5. The van der Waals surface area contributed by atoms with Crippen LogP contribution in [-0.4, -0.2) is 9.97 Å². The topological polar surface area (TPSA) is 28.7 Å². The number of H-pyrrole nitrogens is 1. The van der Waals surface area contributed by atoms with Gasteiger partial charge in [0, 0.05) is 17.1 Å². The summed E-state index contributed by atoms with van der Waals surface area (Å²) in [5, 5.41) is 0.901. The van der Waals surface area contributed by atoms with Crippen LogP contribution in [0.15, 0.2) is 30.7 Å². The van der Waals surface area contributed by atoms with E-state index in [1.807, 2.05) is 18.3 Å². The third-order valence-electron chi connectivity index (χ3n) is 3.33. The van der Waals surface area contributed by atoms with Gasteiger partial charge in [-0.25, -0.2) is 4.98 Å². The fourth-order valence-corrected chi connectivity index (χ4v) is 2.85. The van der Waals surface area contributed by atoms with Gasteiger partial charge in [0.15, 0.2) is 0 Å². The Bertz CT molecular complexity index is 491. The number of nitrogens with zero attached hydrogens (tertiary/aromatic N) is 1. The fourth-order valence-electron chi connectivity index (χ4n) is 2.57. The minimum Gasteiger partial charge on any atom is -0.351 e. The van der Waals surface area contributed by atoms with Crippen molar-refractivity contribution in [1.29, 1.82) is 0 Å². The van der Waals surface area contributed by atoms with Gasteiger partial charge in [-0.2, -0.15) is 0 Å². The molecule has 2 aromatic rings. The second kappa shape index (κ2) is 3.95. The zero-order valence-electron chi connectivity index (χ0n) is 8.91. The van der Waals surface area contributed by atoms with Crippen molar-refractivity contribution in [3.63, 3.8) is 0 Å². The van der Waals surface area contributed by atoms with E-state index in [-0.39, 0.29) is 0 Å². The molecule has 0 saturated carbocycles. The SMILES string of the molecule is Clc1cccc2c1CCCC2c1c[nH]cn1. The van der Waals surface area contributed by atoms with Crippen LogP contribution in [0.2, 0.25) is 5.02 Å². The number of fused-ring (bicyclic) bond motifs is 1. The monoisotopic (exact) mass is 232 g/mol. The van der Waals surface area contributed by atoms with Gasteiger partial charge in [0.1, 0.15) is 0 Å². The van der Waals surface area contributed by atoms with Crippen molar-refractivity contribution >= 4 is 11.6 Å². The number of imidazole rings is 1. The summed E-state index contributed by atoms with van der Waals surface area (Å²) in [6.07, 6.45) is 7.18. The van der Waals surface area contributed by atoms with Gasteiger partial charge in [0.2, 0.25) is 0 Å². The highest BCUT2D eigenvalue weighted by Gasteiger charge is 2.24. The number of hydrogen-bond donors (Lipinski definition) is 1. The van der Waals surface area contributed by atoms with Gasteiger partial charge >= 0.3 is 0 Å². The van der Waals surface area contributed by atoms with Crippen LogP contribution in [0.5, 0.6) is 0 Å². The van der Waals surface area contributed by atoms with E-state index in [0.29, 0.717) is 5.92 Å². The summed E-state index contributed by atoms with van der Waals surface area (Å²) in [5.41, 5.74) is 3.79. The van der Waals surface area contributed by atoms with Crippen molar-refractivity contribution in [3.8, 4) is 0 Å². The summed E-state index contributed by atoms with van der Waals surface area (Å²) in [6.45, 7) is 0. The van der Waals surface area contributed by atoms with Crippen molar-refractivity contribution in [1.82, 2.24) is 9.97 Å². The average molecular weight is 233 g/mol. The van der Waals surface area contributed by atoms with Gasteiger partial charge < -0.3 is 4.98 Å². The van der Waals surface area contributed by atoms with Crippen LogP contribution in [0.4, 0.5) is 0 Å². The van der Waals surface area contributed by atoms with Crippen molar-refractivity contribution in [3.05, 3.63) is 52.6 Å². The lowest BCUT2D eigenvalue weighted by Gasteiger charge is -2.24. The largest absolute Gasteiger partial charge is 0.351 e. The Morgan fingerprint density at radius 2 is 2.31 bits per heavy atom. The Kier molecular flexibility index (Phi) is 2.44. The number of nitrogens with one attached hydrogen (secondary N) is 1. The van der Waals surface area contributed by atoms with Gasteiger partial charge in [0.05, 0.1) is 12.0 Å². The maximum Gasteiger partial charge on any atom is 0.0923 e. The Labute approximate surface area is 99.7 Å². The molecule has 82 valence electrons. The number of benzene rings is 1. The summed E-state index contributed by atoms with van der Waals surface area (Å²) in [6, 6.07) is 6.19. The molecule has 0 amide bonds. The van der Waals surface area contributed by atoms with E-state index in [2.05, 4.69) is 16.0 Å². The molecular formula is C13H13ClN2. The van der Waals surface area contributed by atoms with E-state index in [1.165, 1.54) is 17.5 Å². The van der Waals surface area contributed by atoms with E-state index in [9.17, 15) is 0 Å². The molecular weight excluding hydrogens is 220 g/mol. The van der Waals surface area contributed by atoms with Gasteiger partial charge in [-0.1, -0.05) is 23.7 Å². The zero-order valence-corrected chi connectivity index (χ0v) is 9.67. The highest BCUT2D eigenvalue weighted by molar-refractivity contribution is 6.31. The molecule has 0 fully saturated rings. The third kappa shape index (κ3) is 1.54. The van der Waals surface area contributed by atoms with Crippen molar-refractivity contribution in [2.45, 2.75) is 25.2 Å². The van der Waals surface area contributed by atoms with Crippen molar-refractivity contribution in [2.75, 3.05) is 0 Å². The molecule has 1 atom stereocenters. The molecule has 2 nitrogen and oxygen atoms in total. The standard InChI is InChI=1S/C13H13ClN2/c14-12-6-2-3-9-10(12)4-1-5-11(9)13-7-15-8-16-13/h2-3,6-8,11H,1,4-5H2,(H,15,16). The second-order valence-electron chi connectivity index (χ2n) is 4.25. The van der Waals surface area contributed by atoms with Crippen molar-refractivity contribution in [2.24, 2.45) is 0 Å². The van der Waals surface area contributed by atoms with Crippen LogP contribution < -0.4 is 0 Å². The van der Waals surface area contributed by atoms with E-state index in [1.54, 1.807) is 6.33 Å². The maximum absolute atomic E-state index is 6.24. The first-order valence-corrected chi connectivity index (χ1v) is 6.00. The number of rotatable bonds is 1. The molecule has 0 aliphatic heterocycles. The molecule has 1 aromatic carbocycles. The molecule has 3 rings (SSSR count). The summed E-state index contributed by atoms with van der Waals surface area (Å²) in [5.74, 6) is 0.411. The van der Waals surface area contributed by atoms with Crippen LogP contribution in [0.1, 0.15) is 35.6 Å². The Morgan fingerprint density at radius 3 is 3.12 bits per heavy atom. The number of aromatic nitrogens is 2. The molecule has 1 N–H and O–H groups in total. The molecule has 3 heteroatoms. The molecule has 1 unspecified atom stereocenters. The number of aromatic amines is 1. The first-order valence-electron chi connectivity index (χ1n) is 5.62. The molecule has 1 aromatic heterocycles. The molecule has 1 heterocycles. The maximum atomic E-state index is 6.24. The minimum absolute atomic E-state index is 0.411. The third-order valence-corrected chi connectivity index (χ3v) is 3.68. The summed E-state index contributed by atoms with van der Waals surface area (Å²) < 4.78 is 0. The average Bonchev–Trinajstić information content (AvgIpc) is 2.82. The van der Waals surface area contributed by atoms with E-state index < -0.39 is 0 Å². The zero-order chi connectivity index (χ0) is 11.0. The molecule has 1 aliphatic carbocycles. The van der Waals surface area contributed by atoms with E-state index in [0.717, 1.165) is 23.6 Å². The summed E-state index contributed by atoms with van der Waals surface area (Å²) >= 11 is 6.24. The Hall–Kier alpha value is -1.28. The smallest absolute Gasteiger partial charge is 0.0923 e. The molecule has 0 radical (unpaired) electrons. The predicted molar refractivity (Wildman–Crippen MR) is 64.8 cm³/mol. The second-order valence-corrected chi connectivity index (χ2v) is 4.65. The quantitative estimate of drug-likeness (QED) is 0.801. The van der Waals surface area contributed by atoms with E-state index >= 15 is 0 Å². The number of halogens is 1. The van der Waals surface area contributed by atoms with Crippen LogP contribution in [0, 0.1) is 0 Å². The first-order chi connectivity index (χ1) is 7.86. The molecule has 16 heavy (non-hydrogen) atoms. The van der Waals surface area contributed by atoms with Crippen LogP contribution in [-0.2, 0) is 6.42 Å². The lowest BCUT2D eigenvalue weighted by atomic mass is 9.81. The number of hydrogen-bond acceptors (Lipinski definition) is 1. The van der Waals surface area contributed by atoms with Gasteiger partial charge in [0.25, 0.3) is 0 Å². The summed E-state index contributed by atoms with van der Waals surface area (Å²) in [7, 11) is 0. The van der Waals surface area contributed by atoms with Gasteiger partial charge in [-0.15, -0.1) is 0 Å².